The highest BCUT2D eigenvalue weighted by molar-refractivity contribution is 5.87. The van der Waals surface area contributed by atoms with Gasteiger partial charge in [-0.2, -0.15) is 9.97 Å². The van der Waals surface area contributed by atoms with Gasteiger partial charge in [-0.25, -0.2) is 4.98 Å². The predicted octanol–water partition coefficient (Wildman–Crippen LogP) is 3.27. The number of benzene rings is 2. The van der Waals surface area contributed by atoms with Gasteiger partial charge in [0.15, 0.2) is 29.0 Å². The molecule has 12 nitrogen and oxygen atoms in total. The van der Waals surface area contributed by atoms with Crippen LogP contribution in [0.25, 0.3) is 21.9 Å². The Bertz CT molecular complexity index is 1750. The van der Waals surface area contributed by atoms with Gasteiger partial charge in [-0.15, -0.1) is 0 Å². The quantitative estimate of drug-likeness (QED) is 0.248. The molecule has 2 aliphatic rings. The Morgan fingerprint density at radius 1 is 1.07 bits per heavy atom. The van der Waals surface area contributed by atoms with Gasteiger partial charge in [0.2, 0.25) is 5.95 Å². The van der Waals surface area contributed by atoms with Gasteiger partial charge in [0.05, 0.1) is 12.0 Å². The first-order valence-electron chi connectivity index (χ1n) is 14.7. The first-order valence-corrected chi connectivity index (χ1v) is 14.7. The third-order valence-electron chi connectivity index (χ3n) is 8.64. The number of nitrogens with zero attached hydrogens (tertiary/aromatic N) is 7. The third kappa shape index (κ3) is 4.99. The number of aliphatic hydroxyl groups excluding tert-OH is 2. The summed E-state index contributed by atoms with van der Waals surface area (Å²) in [5.41, 5.74) is 2.94. The first kappa shape index (κ1) is 27.7. The molecule has 43 heavy (non-hydrogen) atoms. The zero-order valence-corrected chi connectivity index (χ0v) is 24.5. The van der Waals surface area contributed by atoms with Crippen molar-refractivity contribution in [2.24, 2.45) is 0 Å². The number of anilines is 2. The topological polar surface area (TPSA) is 138 Å². The van der Waals surface area contributed by atoms with Crippen molar-refractivity contribution in [3.05, 3.63) is 71.9 Å². The zero-order chi connectivity index (χ0) is 29.7. The molecule has 3 aromatic heterocycles. The molecule has 5 atom stereocenters. The molecule has 2 aliphatic heterocycles. The molecule has 0 unspecified atom stereocenters. The average molecular weight is 585 g/mol. The molecule has 0 amide bonds. The van der Waals surface area contributed by atoms with E-state index in [1.165, 1.54) is 10.8 Å². The Balaban J connectivity index is 1.25. The van der Waals surface area contributed by atoms with E-state index in [-0.39, 0.29) is 0 Å². The monoisotopic (exact) mass is 584 g/mol. The molecule has 0 saturated carbocycles. The molecular weight excluding hydrogens is 548 g/mol. The molecule has 224 valence electrons. The number of aromatic nitrogens is 5. The fourth-order valence-electron chi connectivity index (χ4n) is 6.08. The van der Waals surface area contributed by atoms with Crippen molar-refractivity contribution in [1.82, 2.24) is 29.6 Å². The second-order valence-electron chi connectivity index (χ2n) is 11.5. The van der Waals surface area contributed by atoms with Crippen molar-refractivity contribution in [1.29, 1.82) is 0 Å². The van der Waals surface area contributed by atoms with Gasteiger partial charge >= 0.3 is 0 Å². The van der Waals surface area contributed by atoms with Crippen LogP contribution in [-0.2, 0) is 17.7 Å². The van der Waals surface area contributed by atoms with Gasteiger partial charge in [0.1, 0.15) is 18.3 Å². The molecule has 12 heteroatoms. The summed E-state index contributed by atoms with van der Waals surface area (Å²) in [5, 5.41) is 31.9. The van der Waals surface area contributed by atoms with Gasteiger partial charge in [-0.05, 0) is 43.3 Å². The van der Waals surface area contributed by atoms with Gasteiger partial charge in [0.25, 0.3) is 0 Å². The van der Waals surface area contributed by atoms with Gasteiger partial charge in [-0.1, -0.05) is 54.5 Å². The molecule has 0 bridgehead atoms. The first-order chi connectivity index (χ1) is 20.9. The number of imidazole rings is 1. The summed E-state index contributed by atoms with van der Waals surface area (Å²) in [5.74, 6) is 1.54. The molecular formula is C31H36N8O4. The molecule has 0 radical (unpaired) electrons. The Labute approximate surface area is 248 Å². The number of aryl methyl sites for hydroxylation is 1. The maximum absolute atomic E-state index is 11.1. The van der Waals surface area contributed by atoms with Crippen LogP contribution in [0.4, 0.5) is 11.8 Å². The van der Waals surface area contributed by atoms with Crippen LogP contribution in [0.3, 0.4) is 0 Å². The lowest BCUT2D eigenvalue weighted by atomic mass is 10.0. The number of rotatable bonds is 8. The summed E-state index contributed by atoms with van der Waals surface area (Å²) < 4.78 is 13.3. The summed E-state index contributed by atoms with van der Waals surface area (Å²) in [6.07, 6.45) is -1.01. The summed E-state index contributed by atoms with van der Waals surface area (Å²) in [6.45, 7) is 4.12. The Morgan fingerprint density at radius 2 is 1.91 bits per heavy atom. The molecule has 2 fully saturated rings. The van der Waals surface area contributed by atoms with Crippen LogP contribution >= 0.6 is 0 Å². The van der Waals surface area contributed by atoms with Crippen molar-refractivity contribution in [3.8, 4) is 0 Å². The predicted molar refractivity (Wildman–Crippen MR) is 162 cm³/mol. The minimum atomic E-state index is -1.24. The maximum Gasteiger partial charge on any atom is 0.229 e. The second-order valence-corrected chi connectivity index (χ2v) is 11.5. The molecule has 0 aliphatic carbocycles. The lowest BCUT2D eigenvalue weighted by Gasteiger charge is -2.22. The third-order valence-corrected chi connectivity index (χ3v) is 8.64. The minimum absolute atomic E-state index is 0.370. The highest BCUT2D eigenvalue weighted by Gasteiger charge is 2.47. The van der Waals surface area contributed by atoms with E-state index in [4.69, 9.17) is 19.2 Å². The largest absolute Gasteiger partial charge is 0.387 e. The van der Waals surface area contributed by atoms with Crippen molar-refractivity contribution in [2.75, 3.05) is 37.4 Å². The number of hydrogen-bond donors (Lipinski definition) is 3. The smallest absolute Gasteiger partial charge is 0.229 e. The Hall–Kier alpha value is -4.10. The van der Waals surface area contributed by atoms with E-state index in [9.17, 15) is 10.2 Å². The van der Waals surface area contributed by atoms with Crippen LogP contribution in [0.15, 0.2) is 59.4 Å². The lowest BCUT2D eigenvalue weighted by Crippen LogP contribution is -2.32. The van der Waals surface area contributed by atoms with E-state index in [0.29, 0.717) is 47.7 Å². The molecule has 5 aromatic rings. The van der Waals surface area contributed by atoms with E-state index in [2.05, 4.69) is 69.7 Å². The van der Waals surface area contributed by atoms with Gasteiger partial charge < -0.3 is 34.6 Å². The summed E-state index contributed by atoms with van der Waals surface area (Å²) >= 11 is 0. The molecule has 3 N–H and O–H groups in total. The number of ether oxygens (including phenoxy) is 1. The molecule has 2 aromatic carbocycles. The normalized spacial score (nSPS) is 24.1. The highest BCUT2D eigenvalue weighted by atomic mass is 16.6. The van der Waals surface area contributed by atoms with Crippen molar-refractivity contribution in [2.45, 2.75) is 56.9 Å². The SMILES string of the molecule is CCc1cc([C@H]2O[C@@H](n3cnc4c(NCc5cccc6ccccc56)nc(N5CC[C@H](N(C)C)C5)nc43)[C@H](O)[C@@H]2O)on1. The molecule has 5 heterocycles. The Kier molecular flexibility index (Phi) is 7.21. The van der Waals surface area contributed by atoms with Crippen LogP contribution in [-0.4, -0.2) is 85.2 Å². The van der Waals surface area contributed by atoms with Crippen LogP contribution in [0.2, 0.25) is 0 Å². The molecule has 2 saturated heterocycles. The lowest BCUT2D eigenvalue weighted by molar-refractivity contribution is -0.0434. The fourth-order valence-corrected chi connectivity index (χ4v) is 6.08. The second kappa shape index (κ2) is 11.2. The maximum atomic E-state index is 11.1. The summed E-state index contributed by atoms with van der Waals surface area (Å²) in [7, 11) is 4.17. The minimum Gasteiger partial charge on any atom is -0.387 e. The van der Waals surface area contributed by atoms with E-state index in [1.54, 1.807) is 17.0 Å². The van der Waals surface area contributed by atoms with E-state index in [1.807, 2.05) is 19.1 Å². The fraction of sp³-hybridized carbons (Fsp3) is 0.419. The van der Waals surface area contributed by atoms with Crippen molar-refractivity contribution in [3.63, 3.8) is 0 Å². The number of aliphatic hydroxyl groups is 2. The Morgan fingerprint density at radius 3 is 2.70 bits per heavy atom. The molecule has 0 spiro atoms. The summed E-state index contributed by atoms with van der Waals surface area (Å²) in [4.78, 5) is 19.0. The van der Waals surface area contributed by atoms with Crippen molar-refractivity contribution >= 4 is 33.7 Å². The van der Waals surface area contributed by atoms with Gasteiger partial charge in [0, 0.05) is 31.7 Å². The molecule has 7 rings (SSSR count). The van der Waals surface area contributed by atoms with Crippen LogP contribution in [0, 0.1) is 0 Å². The summed E-state index contributed by atoms with van der Waals surface area (Å²) in [6, 6.07) is 16.7. The van der Waals surface area contributed by atoms with E-state index >= 15 is 0 Å². The number of fused-ring (bicyclic) bond motifs is 2. The van der Waals surface area contributed by atoms with Crippen LogP contribution in [0.5, 0.6) is 0 Å². The average Bonchev–Trinajstić information content (AvgIpc) is 3.83. The number of nitrogens with one attached hydrogen (secondary N) is 1. The standard InChI is InChI=1S/C31H36N8O4/c1-4-20-14-23(43-36-20)27-25(40)26(41)30(42-27)39-17-33-24-28(32-15-19-10-7-9-18-8-5-6-11-22(18)19)34-31(35-29(24)39)38-13-12-21(16-38)37(2)3/h5-11,14,17,21,25-27,30,40-41H,4,12-13,15-16H2,1-3H3,(H,32,34,35)/t21-,25-,26+,27+,30+/m0/s1. The number of likely N-dealkylation sites (N-methyl/N-ethyl adjacent to an activating group) is 1. The highest BCUT2D eigenvalue weighted by Crippen LogP contribution is 2.40. The number of hydrogen-bond acceptors (Lipinski definition) is 11. The van der Waals surface area contributed by atoms with E-state index < -0.39 is 24.5 Å². The zero-order valence-electron chi connectivity index (χ0n) is 24.5. The van der Waals surface area contributed by atoms with Crippen molar-refractivity contribution < 1.29 is 19.5 Å². The van der Waals surface area contributed by atoms with Gasteiger partial charge in [-0.3, -0.25) is 4.57 Å². The van der Waals surface area contributed by atoms with Crippen LogP contribution in [0.1, 0.15) is 42.7 Å². The van der Waals surface area contributed by atoms with E-state index in [0.717, 1.165) is 30.8 Å². The van der Waals surface area contributed by atoms with Crippen LogP contribution < -0.4 is 10.2 Å².